The molecule has 0 fully saturated rings. The van der Waals surface area contributed by atoms with E-state index in [0.29, 0.717) is 5.82 Å². The molecule has 2 aromatic rings. The number of nitrogens with zero attached hydrogens (tertiary/aromatic N) is 4. The summed E-state index contributed by atoms with van der Waals surface area (Å²) in [5.41, 5.74) is 0.106. The first kappa shape index (κ1) is 10.5. The molecule has 0 aliphatic carbocycles. The molecular formula is C8H7ClN6O. The molecule has 2 rings (SSSR count). The van der Waals surface area contributed by atoms with Crippen LogP contribution in [0.5, 0.6) is 0 Å². The zero-order valence-corrected chi connectivity index (χ0v) is 8.99. The highest BCUT2D eigenvalue weighted by Gasteiger charge is 2.10. The van der Waals surface area contributed by atoms with Crippen LogP contribution >= 0.6 is 11.6 Å². The number of aryl methyl sites for hydroxylation is 1. The maximum absolute atomic E-state index is 11.6. The smallest absolute Gasteiger partial charge is 0.278 e. The summed E-state index contributed by atoms with van der Waals surface area (Å²) < 4.78 is 0. The highest BCUT2D eigenvalue weighted by molar-refractivity contribution is 6.29. The van der Waals surface area contributed by atoms with Crippen molar-refractivity contribution in [3.63, 3.8) is 0 Å². The molecule has 1 amide bonds. The summed E-state index contributed by atoms with van der Waals surface area (Å²) in [6.07, 6.45) is 2.65. The minimum Gasteiger partial charge on any atom is -0.288 e. The lowest BCUT2D eigenvalue weighted by Crippen LogP contribution is -2.15. The van der Waals surface area contributed by atoms with E-state index >= 15 is 0 Å². The molecule has 82 valence electrons. The van der Waals surface area contributed by atoms with Gasteiger partial charge in [-0.2, -0.15) is 4.98 Å². The van der Waals surface area contributed by atoms with E-state index in [4.69, 9.17) is 11.6 Å². The third kappa shape index (κ3) is 2.31. The molecule has 0 unspecified atom stereocenters. The van der Waals surface area contributed by atoms with Gasteiger partial charge in [0, 0.05) is 0 Å². The molecule has 0 aromatic carbocycles. The van der Waals surface area contributed by atoms with E-state index in [-0.39, 0.29) is 16.8 Å². The lowest BCUT2D eigenvalue weighted by atomic mass is 10.4. The Morgan fingerprint density at radius 3 is 2.88 bits per heavy atom. The van der Waals surface area contributed by atoms with Crippen LogP contribution in [0.3, 0.4) is 0 Å². The molecule has 0 aliphatic rings. The van der Waals surface area contributed by atoms with Gasteiger partial charge in [-0.1, -0.05) is 11.6 Å². The molecule has 2 heterocycles. The van der Waals surface area contributed by atoms with E-state index in [1.54, 1.807) is 6.92 Å². The standard InChI is InChI=1S/C8H7ClN6O/c1-4-11-8(15-14-4)13-7(16)5-2-10-3-6(9)12-5/h2-3H,1H3,(H2,11,13,14,15,16). The molecule has 0 aliphatic heterocycles. The average Bonchev–Trinajstić information content (AvgIpc) is 2.64. The molecule has 0 saturated carbocycles. The zero-order valence-electron chi connectivity index (χ0n) is 8.23. The van der Waals surface area contributed by atoms with Crippen molar-refractivity contribution in [2.45, 2.75) is 6.92 Å². The van der Waals surface area contributed by atoms with Crippen LogP contribution in [0, 0.1) is 6.92 Å². The van der Waals surface area contributed by atoms with Crippen LogP contribution in [0.1, 0.15) is 16.3 Å². The summed E-state index contributed by atoms with van der Waals surface area (Å²) in [5.74, 6) is 0.325. The van der Waals surface area contributed by atoms with E-state index in [9.17, 15) is 4.79 Å². The molecule has 7 nitrogen and oxygen atoms in total. The Bertz CT molecular complexity index is 525. The average molecular weight is 239 g/mol. The number of carbonyl (C=O) groups is 1. The molecular weight excluding hydrogens is 232 g/mol. The molecule has 0 atom stereocenters. The predicted octanol–water partition coefficient (Wildman–Crippen LogP) is 0.809. The zero-order chi connectivity index (χ0) is 11.5. The van der Waals surface area contributed by atoms with Crippen molar-refractivity contribution in [1.82, 2.24) is 25.1 Å². The summed E-state index contributed by atoms with van der Waals surface area (Å²) in [7, 11) is 0. The molecule has 2 aromatic heterocycles. The predicted molar refractivity (Wildman–Crippen MR) is 56.1 cm³/mol. The van der Waals surface area contributed by atoms with Gasteiger partial charge >= 0.3 is 0 Å². The molecule has 0 saturated heterocycles. The molecule has 0 bridgehead atoms. The van der Waals surface area contributed by atoms with Gasteiger partial charge in [0.05, 0.1) is 12.4 Å². The van der Waals surface area contributed by atoms with Gasteiger partial charge in [-0.25, -0.2) is 4.98 Å². The van der Waals surface area contributed by atoms with Crippen LogP contribution < -0.4 is 5.32 Å². The van der Waals surface area contributed by atoms with E-state index in [2.05, 4.69) is 30.5 Å². The van der Waals surface area contributed by atoms with Crippen molar-refractivity contribution in [3.05, 3.63) is 29.1 Å². The highest BCUT2D eigenvalue weighted by Crippen LogP contribution is 2.05. The van der Waals surface area contributed by atoms with Crippen molar-refractivity contribution in [2.24, 2.45) is 0 Å². The van der Waals surface area contributed by atoms with Crippen molar-refractivity contribution >= 4 is 23.5 Å². The maximum Gasteiger partial charge on any atom is 0.278 e. The monoisotopic (exact) mass is 238 g/mol. The second kappa shape index (κ2) is 4.23. The van der Waals surface area contributed by atoms with E-state index in [0.717, 1.165) is 0 Å². The Kier molecular flexibility index (Phi) is 2.78. The van der Waals surface area contributed by atoms with Crippen molar-refractivity contribution in [2.75, 3.05) is 5.32 Å². The number of anilines is 1. The summed E-state index contributed by atoms with van der Waals surface area (Å²) in [5, 5.41) is 8.96. The Morgan fingerprint density at radius 1 is 1.44 bits per heavy atom. The van der Waals surface area contributed by atoms with Gasteiger partial charge in [-0.15, -0.1) is 5.10 Å². The first-order valence-corrected chi connectivity index (χ1v) is 4.71. The van der Waals surface area contributed by atoms with Crippen LogP contribution in [0.25, 0.3) is 0 Å². The molecule has 16 heavy (non-hydrogen) atoms. The van der Waals surface area contributed by atoms with Crippen LogP contribution in [0.15, 0.2) is 12.4 Å². The SMILES string of the molecule is Cc1nc(NC(=O)c2cncc(Cl)n2)n[nH]1. The molecule has 8 heteroatoms. The number of carbonyl (C=O) groups excluding carboxylic acids is 1. The van der Waals surface area contributed by atoms with Crippen molar-refractivity contribution < 1.29 is 4.79 Å². The van der Waals surface area contributed by atoms with Gasteiger partial charge in [-0.3, -0.25) is 20.2 Å². The molecule has 0 radical (unpaired) electrons. The maximum atomic E-state index is 11.6. The van der Waals surface area contributed by atoms with E-state index < -0.39 is 5.91 Å². The van der Waals surface area contributed by atoms with Gasteiger partial charge < -0.3 is 0 Å². The number of amides is 1. The third-order valence-electron chi connectivity index (χ3n) is 1.66. The van der Waals surface area contributed by atoms with Gasteiger partial charge in [0.15, 0.2) is 0 Å². The largest absolute Gasteiger partial charge is 0.288 e. The summed E-state index contributed by atoms with van der Waals surface area (Å²) >= 11 is 5.60. The second-order valence-electron chi connectivity index (χ2n) is 2.93. The number of H-pyrrole nitrogens is 1. The van der Waals surface area contributed by atoms with Crippen LogP contribution in [0.4, 0.5) is 5.95 Å². The Balaban J connectivity index is 2.14. The Hall–Kier alpha value is -2.02. The number of aromatic nitrogens is 5. The minimum absolute atomic E-state index is 0.106. The summed E-state index contributed by atoms with van der Waals surface area (Å²) in [4.78, 5) is 23.1. The molecule has 0 spiro atoms. The van der Waals surface area contributed by atoms with Crippen molar-refractivity contribution in [3.8, 4) is 0 Å². The first-order valence-electron chi connectivity index (χ1n) is 4.33. The number of hydrogen-bond acceptors (Lipinski definition) is 5. The van der Waals surface area contributed by atoms with Crippen LogP contribution in [0.2, 0.25) is 5.15 Å². The lowest BCUT2D eigenvalue weighted by Gasteiger charge is -1.99. The Morgan fingerprint density at radius 2 is 2.25 bits per heavy atom. The van der Waals surface area contributed by atoms with E-state index in [1.807, 2.05) is 0 Å². The van der Waals surface area contributed by atoms with Gasteiger partial charge in [0.2, 0.25) is 5.95 Å². The van der Waals surface area contributed by atoms with Gasteiger partial charge in [0.25, 0.3) is 5.91 Å². The minimum atomic E-state index is -0.464. The number of halogens is 1. The number of rotatable bonds is 2. The Labute approximate surface area is 95.3 Å². The first-order chi connectivity index (χ1) is 7.65. The van der Waals surface area contributed by atoms with Gasteiger partial charge in [-0.05, 0) is 6.92 Å². The normalized spacial score (nSPS) is 10.1. The van der Waals surface area contributed by atoms with Crippen molar-refractivity contribution in [1.29, 1.82) is 0 Å². The number of nitrogens with one attached hydrogen (secondary N) is 2. The quantitative estimate of drug-likeness (QED) is 0.807. The highest BCUT2D eigenvalue weighted by atomic mass is 35.5. The third-order valence-corrected chi connectivity index (χ3v) is 1.84. The number of aromatic amines is 1. The lowest BCUT2D eigenvalue weighted by molar-refractivity contribution is 0.102. The summed E-state index contributed by atoms with van der Waals surface area (Å²) in [6.45, 7) is 1.72. The van der Waals surface area contributed by atoms with Crippen LogP contribution in [-0.2, 0) is 0 Å². The fraction of sp³-hybridized carbons (Fsp3) is 0.125. The van der Waals surface area contributed by atoms with Crippen LogP contribution in [-0.4, -0.2) is 31.1 Å². The topological polar surface area (TPSA) is 96.5 Å². The summed E-state index contributed by atoms with van der Waals surface area (Å²) in [6, 6.07) is 0. The number of hydrogen-bond donors (Lipinski definition) is 2. The fourth-order valence-corrected chi connectivity index (χ4v) is 1.16. The van der Waals surface area contributed by atoms with E-state index in [1.165, 1.54) is 12.4 Å². The fourth-order valence-electron chi connectivity index (χ4n) is 1.02. The second-order valence-corrected chi connectivity index (χ2v) is 3.31. The van der Waals surface area contributed by atoms with Gasteiger partial charge in [0.1, 0.15) is 16.7 Å². The molecule has 2 N–H and O–H groups in total.